The predicted molar refractivity (Wildman–Crippen MR) is 89.2 cm³/mol. The van der Waals surface area contributed by atoms with E-state index < -0.39 is 27.7 Å². The number of nitrogens with one attached hydrogen (secondary N) is 2. The molecule has 9 heteroatoms. The molecule has 0 saturated heterocycles. The largest absolute Gasteiger partial charge is 0.481 e. The van der Waals surface area contributed by atoms with Gasteiger partial charge in [-0.15, -0.1) is 0 Å². The molecule has 0 spiro atoms. The van der Waals surface area contributed by atoms with Gasteiger partial charge in [0.2, 0.25) is 5.91 Å². The summed E-state index contributed by atoms with van der Waals surface area (Å²) in [4.78, 5) is 21.9. The van der Waals surface area contributed by atoms with E-state index >= 15 is 0 Å². The van der Waals surface area contributed by atoms with Crippen molar-refractivity contribution in [3.63, 3.8) is 0 Å². The van der Waals surface area contributed by atoms with E-state index in [4.69, 9.17) is 5.11 Å². The summed E-state index contributed by atoms with van der Waals surface area (Å²) < 4.78 is 39.6. The molecule has 0 bridgehead atoms. The minimum Gasteiger partial charge on any atom is -0.481 e. The molecular weight excluding hydrogens is 351 g/mol. The van der Waals surface area contributed by atoms with E-state index in [1.165, 1.54) is 36.4 Å². The first kappa shape index (κ1) is 18.4. The maximum atomic E-state index is 12.8. The quantitative estimate of drug-likeness (QED) is 0.697. The Morgan fingerprint density at radius 3 is 2.04 bits per heavy atom. The van der Waals surface area contributed by atoms with Gasteiger partial charge >= 0.3 is 5.97 Å². The van der Waals surface area contributed by atoms with Gasteiger partial charge in [-0.2, -0.15) is 0 Å². The Kier molecular flexibility index (Phi) is 5.71. The molecule has 1 amide bonds. The minimum absolute atomic E-state index is 0.0413. The molecule has 0 aliphatic carbocycles. The summed E-state index contributed by atoms with van der Waals surface area (Å²) in [5.41, 5.74) is 0.559. The van der Waals surface area contributed by atoms with E-state index in [1.807, 2.05) is 0 Å². The van der Waals surface area contributed by atoms with Crippen LogP contribution < -0.4 is 10.0 Å². The number of aliphatic carboxylic acids is 1. The smallest absolute Gasteiger partial charge is 0.303 e. The lowest BCUT2D eigenvalue weighted by Crippen LogP contribution is -2.14. The van der Waals surface area contributed by atoms with Crippen molar-refractivity contribution in [1.29, 1.82) is 0 Å². The van der Waals surface area contributed by atoms with Crippen LogP contribution in [0.3, 0.4) is 0 Å². The maximum Gasteiger partial charge on any atom is 0.303 e. The van der Waals surface area contributed by atoms with Crippen LogP contribution in [-0.4, -0.2) is 25.4 Å². The number of hydrogen-bond acceptors (Lipinski definition) is 4. The lowest BCUT2D eigenvalue weighted by Gasteiger charge is -2.09. The number of benzene rings is 2. The van der Waals surface area contributed by atoms with Gasteiger partial charge in [0.15, 0.2) is 0 Å². The van der Waals surface area contributed by atoms with Crippen molar-refractivity contribution >= 4 is 33.3 Å². The Labute approximate surface area is 143 Å². The van der Waals surface area contributed by atoms with Gasteiger partial charge in [0.25, 0.3) is 10.0 Å². The molecule has 0 aliphatic rings. The third kappa shape index (κ3) is 5.57. The summed E-state index contributed by atoms with van der Waals surface area (Å²) in [5, 5.41) is 11.0. The second-order valence-corrected chi connectivity index (χ2v) is 6.76. The minimum atomic E-state index is -3.86. The Hall–Kier alpha value is -2.94. The number of carbonyl (C=O) groups excluding carboxylic acids is 1. The van der Waals surface area contributed by atoms with Crippen molar-refractivity contribution in [2.75, 3.05) is 10.0 Å². The van der Waals surface area contributed by atoms with E-state index in [0.29, 0.717) is 5.69 Å². The SMILES string of the molecule is O=C(O)CCC(=O)Nc1ccc(S(=O)(=O)Nc2ccc(F)cc2)cc1. The highest BCUT2D eigenvalue weighted by Gasteiger charge is 2.14. The molecule has 3 N–H and O–H groups in total. The number of sulfonamides is 1. The van der Waals surface area contributed by atoms with Crippen LogP contribution in [-0.2, 0) is 19.6 Å². The van der Waals surface area contributed by atoms with Crippen molar-refractivity contribution in [3.8, 4) is 0 Å². The fourth-order valence-electron chi connectivity index (χ4n) is 1.89. The fourth-order valence-corrected chi connectivity index (χ4v) is 2.95. The number of amides is 1. The Morgan fingerprint density at radius 1 is 0.920 bits per heavy atom. The highest BCUT2D eigenvalue weighted by atomic mass is 32.2. The lowest BCUT2D eigenvalue weighted by atomic mass is 10.2. The third-order valence-corrected chi connectivity index (χ3v) is 4.51. The molecule has 2 aromatic rings. The molecule has 0 heterocycles. The van der Waals surface area contributed by atoms with E-state index in [1.54, 1.807) is 0 Å². The molecule has 0 atom stereocenters. The fraction of sp³-hybridized carbons (Fsp3) is 0.125. The lowest BCUT2D eigenvalue weighted by molar-refractivity contribution is -0.138. The molecule has 0 saturated carbocycles. The van der Waals surface area contributed by atoms with Crippen molar-refractivity contribution in [2.24, 2.45) is 0 Å². The number of carboxylic acid groups (broad SMARTS) is 1. The van der Waals surface area contributed by atoms with E-state index in [0.717, 1.165) is 12.1 Å². The highest BCUT2D eigenvalue weighted by Crippen LogP contribution is 2.18. The van der Waals surface area contributed by atoms with Crippen LogP contribution in [0.1, 0.15) is 12.8 Å². The molecule has 132 valence electrons. The normalized spacial score (nSPS) is 10.9. The molecule has 25 heavy (non-hydrogen) atoms. The van der Waals surface area contributed by atoms with Crippen LogP contribution >= 0.6 is 0 Å². The summed E-state index contributed by atoms with van der Waals surface area (Å²) in [6, 6.07) is 10.2. The molecule has 2 aromatic carbocycles. The standard InChI is InChI=1S/C16H15FN2O5S/c17-11-1-3-13(4-2-11)19-25(23,24)14-7-5-12(6-8-14)18-15(20)9-10-16(21)22/h1-8,19H,9-10H2,(H,18,20)(H,21,22). The second-order valence-electron chi connectivity index (χ2n) is 5.08. The van der Waals surface area contributed by atoms with Crippen LogP contribution in [0.25, 0.3) is 0 Å². The van der Waals surface area contributed by atoms with Crippen LogP contribution in [0.15, 0.2) is 53.4 Å². The number of anilines is 2. The summed E-state index contributed by atoms with van der Waals surface area (Å²) in [6.45, 7) is 0. The summed E-state index contributed by atoms with van der Waals surface area (Å²) in [7, 11) is -3.86. The van der Waals surface area contributed by atoms with Crippen LogP contribution in [0.5, 0.6) is 0 Å². The Balaban J connectivity index is 2.04. The molecule has 0 aliphatic heterocycles. The van der Waals surface area contributed by atoms with Crippen molar-refractivity contribution in [2.45, 2.75) is 17.7 Å². The van der Waals surface area contributed by atoms with E-state index in [9.17, 15) is 22.4 Å². The molecule has 0 radical (unpaired) electrons. The monoisotopic (exact) mass is 366 g/mol. The van der Waals surface area contributed by atoms with Crippen LogP contribution in [0.2, 0.25) is 0 Å². The zero-order valence-corrected chi connectivity index (χ0v) is 13.7. The topological polar surface area (TPSA) is 113 Å². The van der Waals surface area contributed by atoms with Crippen LogP contribution in [0, 0.1) is 5.82 Å². The van der Waals surface area contributed by atoms with Gasteiger partial charge in [-0.05, 0) is 48.5 Å². The average Bonchev–Trinajstić information content (AvgIpc) is 2.55. The molecule has 0 aromatic heterocycles. The van der Waals surface area contributed by atoms with Gasteiger partial charge in [0.05, 0.1) is 11.3 Å². The van der Waals surface area contributed by atoms with Gasteiger partial charge < -0.3 is 10.4 Å². The van der Waals surface area contributed by atoms with Gasteiger partial charge in [-0.3, -0.25) is 14.3 Å². The summed E-state index contributed by atoms with van der Waals surface area (Å²) in [6.07, 6.45) is -0.471. The zero-order chi connectivity index (χ0) is 18.4. The summed E-state index contributed by atoms with van der Waals surface area (Å²) >= 11 is 0. The maximum absolute atomic E-state index is 12.8. The Bertz CT molecular complexity index is 864. The van der Waals surface area contributed by atoms with Crippen molar-refractivity contribution < 1.29 is 27.5 Å². The molecular formula is C16H15FN2O5S. The van der Waals surface area contributed by atoms with Gasteiger partial charge in [0, 0.05) is 17.8 Å². The molecule has 2 rings (SSSR count). The van der Waals surface area contributed by atoms with E-state index in [2.05, 4.69) is 10.0 Å². The molecule has 0 unspecified atom stereocenters. The first-order chi connectivity index (χ1) is 11.8. The number of halogens is 1. The first-order valence-corrected chi connectivity index (χ1v) is 8.65. The molecule has 7 nitrogen and oxygen atoms in total. The summed E-state index contributed by atoms with van der Waals surface area (Å²) in [5.74, 6) is -2.04. The first-order valence-electron chi connectivity index (χ1n) is 7.16. The van der Waals surface area contributed by atoms with Gasteiger partial charge in [-0.25, -0.2) is 12.8 Å². The Morgan fingerprint density at radius 2 is 1.48 bits per heavy atom. The highest BCUT2D eigenvalue weighted by molar-refractivity contribution is 7.92. The number of carboxylic acids is 1. The van der Waals surface area contributed by atoms with Crippen LogP contribution in [0.4, 0.5) is 15.8 Å². The number of rotatable bonds is 7. The van der Waals surface area contributed by atoms with Crippen molar-refractivity contribution in [1.82, 2.24) is 0 Å². The zero-order valence-electron chi connectivity index (χ0n) is 12.9. The number of carbonyl (C=O) groups is 2. The average molecular weight is 366 g/mol. The van der Waals surface area contributed by atoms with Gasteiger partial charge in [-0.1, -0.05) is 0 Å². The molecule has 0 fully saturated rings. The predicted octanol–water partition coefficient (Wildman–Crippen LogP) is 2.43. The number of hydrogen-bond donors (Lipinski definition) is 3. The third-order valence-electron chi connectivity index (χ3n) is 3.11. The van der Waals surface area contributed by atoms with E-state index in [-0.39, 0.29) is 23.4 Å². The second kappa shape index (κ2) is 7.75. The van der Waals surface area contributed by atoms with Gasteiger partial charge in [0.1, 0.15) is 5.82 Å². The van der Waals surface area contributed by atoms with Crippen molar-refractivity contribution in [3.05, 3.63) is 54.3 Å².